The molecule has 4 heteroatoms. The van der Waals surface area contributed by atoms with E-state index in [1.54, 1.807) is 11.8 Å². The van der Waals surface area contributed by atoms with Crippen molar-refractivity contribution in [2.75, 3.05) is 19.8 Å². The van der Waals surface area contributed by atoms with Gasteiger partial charge in [0.05, 0.1) is 0 Å². The third-order valence-electron chi connectivity index (χ3n) is 3.60. The van der Waals surface area contributed by atoms with Crippen LogP contribution >= 0.6 is 11.8 Å². The van der Waals surface area contributed by atoms with Crippen LogP contribution < -0.4 is 5.32 Å². The molecule has 0 heterocycles. The molecule has 0 unspecified atom stereocenters. The minimum absolute atomic E-state index is 0.0239. The third kappa shape index (κ3) is 6.38. The molecule has 0 radical (unpaired) electrons. The zero-order chi connectivity index (χ0) is 17.2. The second kappa shape index (κ2) is 10.2. The van der Waals surface area contributed by atoms with Crippen molar-refractivity contribution in [2.24, 2.45) is 0 Å². The maximum Gasteiger partial charge on any atom is 0.251 e. The van der Waals surface area contributed by atoms with Crippen molar-refractivity contribution in [3.63, 3.8) is 0 Å². The minimum atomic E-state index is -0.0239. The summed E-state index contributed by atoms with van der Waals surface area (Å²) >= 11 is 1.80. The summed E-state index contributed by atoms with van der Waals surface area (Å²) < 4.78 is 5.25. The summed E-state index contributed by atoms with van der Waals surface area (Å²) in [5.74, 6) is 0.878. The van der Waals surface area contributed by atoms with Gasteiger partial charge in [-0.3, -0.25) is 4.79 Å². The van der Waals surface area contributed by atoms with Gasteiger partial charge >= 0.3 is 0 Å². The molecule has 0 saturated heterocycles. The van der Waals surface area contributed by atoms with E-state index in [1.165, 1.54) is 16.0 Å². The Labute approximate surface area is 148 Å². The molecule has 24 heavy (non-hydrogen) atoms. The van der Waals surface area contributed by atoms with Crippen LogP contribution in [0.4, 0.5) is 0 Å². The smallest absolute Gasteiger partial charge is 0.251 e. The lowest BCUT2D eigenvalue weighted by Crippen LogP contribution is -2.25. The zero-order valence-electron chi connectivity index (χ0n) is 14.4. The molecule has 2 aromatic carbocycles. The average molecular weight is 343 g/mol. The molecule has 0 atom stereocenters. The van der Waals surface area contributed by atoms with Crippen molar-refractivity contribution in [2.45, 2.75) is 30.9 Å². The molecule has 1 amide bonds. The van der Waals surface area contributed by atoms with Crippen LogP contribution in [0.5, 0.6) is 0 Å². The van der Waals surface area contributed by atoms with Gasteiger partial charge in [-0.15, -0.1) is 11.8 Å². The first-order valence-corrected chi connectivity index (χ1v) is 9.32. The largest absolute Gasteiger partial charge is 0.382 e. The van der Waals surface area contributed by atoms with Crippen LogP contribution in [0.2, 0.25) is 0 Å². The van der Waals surface area contributed by atoms with E-state index in [-0.39, 0.29) is 5.91 Å². The first kappa shape index (κ1) is 18.6. The van der Waals surface area contributed by atoms with Gasteiger partial charge < -0.3 is 10.1 Å². The first-order valence-electron chi connectivity index (χ1n) is 8.33. The lowest BCUT2D eigenvalue weighted by atomic mass is 10.1. The van der Waals surface area contributed by atoms with Crippen molar-refractivity contribution >= 4 is 17.7 Å². The topological polar surface area (TPSA) is 38.3 Å². The second-order valence-corrected chi connectivity index (χ2v) is 6.65. The van der Waals surface area contributed by atoms with Crippen LogP contribution in [-0.2, 0) is 10.5 Å². The van der Waals surface area contributed by atoms with Crippen molar-refractivity contribution in [1.82, 2.24) is 5.32 Å². The molecule has 3 nitrogen and oxygen atoms in total. The molecule has 2 aromatic rings. The highest BCUT2D eigenvalue weighted by Crippen LogP contribution is 2.23. The molecule has 0 bridgehead atoms. The molecule has 128 valence electrons. The van der Waals surface area contributed by atoms with Gasteiger partial charge in [-0.05, 0) is 50.1 Å². The number of rotatable bonds is 9. The Bertz CT molecular complexity index is 623. The van der Waals surface area contributed by atoms with Crippen LogP contribution in [0.3, 0.4) is 0 Å². The zero-order valence-corrected chi connectivity index (χ0v) is 15.2. The normalized spacial score (nSPS) is 10.6. The van der Waals surface area contributed by atoms with E-state index in [0.717, 1.165) is 18.8 Å². The maximum atomic E-state index is 12.0. The molecule has 0 spiro atoms. The quantitative estimate of drug-likeness (QED) is 0.540. The van der Waals surface area contributed by atoms with Crippen molar-refractivity contribution in [1.29, 1.82) is 0 Å². The van der Waals surface area contributed by atoms with Gasteiger partial charge in [0, 0.05) is 36.0 Å². The van der Waals surface area contributed by atoms with E-state index in [9.17, 15) is 4.79 Å². The fourth-order valence-electron chi connectivity index (χ4n) is 2.18. The summed E-state index contributed by atoms with van der Waals surface area (Å²) in [6.45, 7) is 6.11. The Morgan fingerprint density at radius 2 is 1.79 bits per heavy atom. The minimum Gasteiger partial charge on any atom is -0.382 e. The number of carbonyl (C=O) groups is 1. The van der Waals surface area contributed by atoms with E-state index in [4.69, 9.17) is 4.74 Å². The number of hydrogen-bond donors (Lipinski definition) is 1. The van der Waals surface area contributed by atoms with Crippen LogP contribution in [0.1, 0.15) is 34.8 Å². The molecule has 0 aliphatic carbocycles. The summed E-state index contributed by atoms with van der Waals surface area (Å²) in [6.07, 6.45) is 0.838. The highest BCUT2D eigenvalue weighted by atomic mass is 32.2. The van der Waals surface area contributed by atoms with E-state index in [1.807, 2.05) is 31.2 Å². The predicted molar refractivity (Wildman–Crippen MR) is 101 cm³/mol. The Kier molecular flexibility index (Phi) is 7.86. The summed E-state index contributed by atoms with van der Waals surface area (Å²) in [7, 11) is 0. The number of nitrogens with one attached hydrogen (secondary N) is 1. The highest BCUT2D eigenvalue weighted by Gasteiger charge is 2.05. The van der Waals surface area contributed by atoms with Crippen molar-refractivity contribution in [3.05, 3.63) is 65.2 Å². The number of carbonyl (C=O) groups excluding carboxylic acids is 1. The van der Waals surface area contributed by atoms with Crippen molar-refractivity contribution in [3.8, 4) is 0 Å². The average Bonchev–Trinajstić information content (AvgIpc) is 2.61. The summed E-state index contributed by atoms with van der Waals surface area (Å²) in [6, 6.07) is 16.4. The number of thioether (sulfide) groups is 1. The van der Waals surface area contributed by atoms with E-state index >= 15 is 0 Å². The van der Waals surface area contributed by atoms with Crippen LogP contribution in [0, 0.1) is 6.92 Å². The molecule has 2 rings (SSSR count). The van der Waals surface area contributed by atoms with Gasteiger partial charge in [0.25, 0.3) is 5.91 Å². The van der Waals surface area contributed by atoms with Crippen LogP contribution in [0.15, 0.2) is 53.4 Å². The number of benzene rings is 2. The fourth-order valence-corrected chi connectivity index (χ4v) is 3.03. The van der Waals surface area contributed by atoms with Crippen LogP contribution in [-0.4, -0.2) is 25.7 Å². The van der Waals surface area contributed by atoms with Gasteiger partial charge in [0.15, 0.2) is 0 Å². The van der Waals surface area contributed by atoms with Crippen molar-refractivity contribution < 1.29 is 9.53 Å². The van der Waals surface area contributed by atoms with Gasteiger partial charge in [0.1, 0.15) is 0 Å². The summed E-state index contributed by atoms with van der Waals surface area (Å²) in [5, 5.41) is 2.92. The molecule has 0 aliphatic rings. The highest BCUT2D eigenvalue weighted by molar-refractivity contribution is 7.98. The van der Waals surface area contributed by atoms with Gasteiger partial charge in [-0.2, -0.15) is 0 Å². The first-order chi connectivity index (χ1) is 11.7. The number of amides is 1. The molecular formula is C20H25NO2S. The maximum absolute atomic E-state index is 12.0. The molecule has 0 aliphatic heterocycles. The Hall–Kier alpha value is -1.78. The lowest BCUT2D eigenvalue weighted by molar-refractivity contribution is 0.0944. The molecule has 0 fully saturated rings. The predicted octanol–water partition coefficient (Wildman–Crippen LogP) is 4.44. The lowest BCUT2D eigenvalue weighted by Gasteiger charge is -2.07. The number of ether oxygens (including phenoxy) is 1. The molecule has 0 aromatic heterocycles. The Morgan fingerprint density at radius 1 is 1.08 bits per heavy atom. The fraction of sp³-hybridized carbons (Fsp3) is 0.350. The molecular weight excluding hydrogens is 318 g/mol. The molecule has 1 N–H and O–H groups in total. The summed E-state index contributed by atoms with van der Waals surface area (Å²) in [5.41, 5.74) is 3.19. The monoisotopic (exact) mass is 343 g/mol. The molecule has 0 saturated carbocycles. The number of aryl methyl sites for hydroxylation is 1. The summed E-state index contributed by atoms with van der Waals surface area (Å²) in [4.78, 5) is 13.3. The second-order valence-electron chi connectivity index (χ2n) is 5.61. The SMILES string of the molecule is CCOCCCNC(=O)c1ccc(CSc2ccc(C)cc2)cc1. The van der Waals surface area contributed by atoms with Gasteiger partial charge in [0.2, 0.25) is 0 Å². The van der Waals surface area contributed by atoms with E-state index in [0.29, 0.717) is 18.7 Å². The van der Waals surface area contributed by atoms with Gasteiger partial charge in [-0.25, -0.2) is 0 Å². The third-order valence-corrected chi connectivity index (χ3v) is 4.68. The van der Waals surface area contributed by atoms with E-state index in [2.05, 4.69) is 36.5 Å². The van der Waals surface area contributed by atoms with E-state index < -0.39 is 0 Å². The Morgan fingerprint density at radius 3 is 2.46 bits per heavy atom. The Balaban J connectivity index is 1.77. The van der Waals surface area contributed by atoms with Gasteiger partial charge in [-0.1, -0.05) is 29.8 Å². The standard InChI is InChI=1S/C20H25NO2S/c1-3-23-14-4-13-21-20(22)18-9-7-17(8-10-18)15-24-19-11-5-16(2)6-12-19/h5-12H,3-4,13-15H2,1-2H3,(H,21,22). The van der Waals surface area contributed by atoms with Crippen LogP contribution in [0.25, 0.3) is 0 Å². The number of hydrogen-bond acceptors (Lipinski definition) is 3.